The molecule has 1 aliphatic heterocycles. The van der Waals surface area contributed by atoms with E-state index in [1.54, 1.807) is 38.1 Å². The third-order valence-electron chi connectivity index (χ3n) is 3.67. The molecule has 7 nitrogen and oxygen atoms in total. The summed E-state index contributed by atoms with van der Waals surface area (Å²) in [5.74, 6) is -0.367. The van der Waals surface area contributed by atoms with E-state index in [0.717, 1.165) is 5.01 Å². The molecule has 4 amide bonds. The van der Waals surface area contributed by atoms with E-state index in [1.165, 1.54) is 0 Å². The molecule has 23 heavy (non-hydrogen) atoms. The van der Waals surface area contributed by atoms with Crippen LogP contribution in [-0.2, 0) is 4.79 Å². The predicted molar refractivity (Wildman–Crippen MR) is 83.7 cm³/mol. The van der Waals surface area contributed by atoms with Crippen LogP contribution in [0.25, 0.3) is 0 Å². The minimum absolute atomic E-state index is 0.0346. The van der Waals surface area contributed by atoms with Crippen molar-refractivity contribution in [3.8, 4) is 5.75 Å². The van der Waals surface area contributed by atoms with Gasteiger partial charge in [0.2, 0.25) is 0 Å². The number of amides is 4. The van der Waals surface area contributed by atoms with Crippen LogP contribution in [0.4, 0.5) is 4.79 Å². The van der Waals surface area contributed by atoms with Crippen molar-refractivity contribution in [2.24, 2.45) is 0 Å². The summed E-state index contributed by atoms with van der Waals surface area (Å²) >= 11 is 0. The molecular formula is C16H21N3O4. The van der Waals surface area contributed by atoms with Gasteiger partial charge in [-0.2, -0.15) is 5.01 Å². The molecule has 0 bridgehead atoms. The summed E-state index contributed by atoms with van der Waals surface area (Å²) in [5.41, 5.74) is 1.68. The number of ether oxygens (including phenoxy) is 1. The molecule has 0 aliphatic carbocycles. The Labute approximate surface area is 135 Å². The van der Waals surface area contributed by atoms with Crippen LogP contribution < -0.4 is 15.5 Å². The van der Waals surface area contributed by atoms with Crippen molar-refractivity contribution in [2.75, 3.05) is 0 Å². The van der Waals surface area contributed by atoms with E-state index < -0.39 is 23.4 Å². The molecule has 0 unspecified atom stereocenters. The Kier molecular flexibility index (Phi) is 4.58. The van der Waals surface area contributed by atoms with Gasteiger partial charge in [-0.25, -0.2) is 4.79 Å². The Hall–Kier alpha value is -2.57. The maximum absolute atomic E-state index is 12.2. The quantitative estimate of drug-likeness (QED) is 0.811. The van der Waals surface area contributed by atoms with Gasteiger partial charge in [0, 0.05) is 5.56 Å². The summed E-state index contributed by atoms with van der Waals surface area (Å²) in [7, 11) is 0. The van der Waals surface area contributed by atoms with Crippen LogP contribution in [0.1, 0.15) is 44.5 Å². The third-order valence-corrected chi connectivity index (χ3v) is 3.67. The molecule has 0 aromatic heterocycles. The Morgan fingerprint density at radius 3 is 2.39 bits per heavy atom. The monoisotopic (exact) mass is 319 g/mol. The highest BCUT2D eigenvalue weighted by molar-refractivity contribution is 6.09. The van der Waals surface area contributed by atoms with Crippen LogP contribution in [-0.4, -0.2) is 34.5 Å². The van der Waals surface area contributed by atoms with Gasteiger partial charge in [-0.15, -0.1) is 0 Å². The summed E-state index contributed by atoms with van der Waals surface area (Å²) in [6, 6.07) is 5.84. The van der Waals surface area contributed by atoms with E-state index in [2.05, 4.69) is 10.7 Å². The second-order valence-electron chi connectivity index (χ2n) is 5.89. The number of rotatable bonds is 5. The highest BCUT2D eigenvalue weighted by Gasteiger charge is 2.47. The van der Waals surface area contributed by atoms with Gasteiger partial charge < -0.3 is 10.1 Å². The van der Waals surface area contributed by atoms with Crippen molar-refractivity contribution in [3.05, 3.63) is 29.8 Å². The lowest BCUT2D eigenvalue weighted by molar-refractivity contribution is -0.132. The lowest BCUT2D eigenvalue weighted by Crippen LogP contribution is -2.48. The number of carbonyl (C=O) groups excluding carboxylic acids is 3. The Bertz CT molecular complexity index is 627. The molecule has 1 aromatic rings. The SMILES string of the molecule is CC[C@@]1(C)NC(=O)N(NC(=O)c2ccc(OC(C)C)cc2)C1=O. The number of nitrogens with one attached hydrogen (secondary N) is 2. The van der Waals surface area contributed by atoms with Crippen LogP contribution >= 0.6 is 0 Å². The molecule has 1 aromatic carbocycles. The number of carbonyl (C=O) groups is 3. The lowest BCUT2D eigenvalue weighted by atomic mass is 10.00. The van der Waals surface area contributed by atoms with Gasteiger partial charge in [0.25, 0.3) is 11.8 Å². The summed E-state index contributed by atoms with van der Waals surface area (Å²) in [6.07, 6.45) is 0.470. The van der Waals surface area contributed by atoms with Crippen LogP contribution in [0, 0.1) is 0 Å². The Balaban J connectivity index is 2.07. The van der Waals surface area contributed by atoms with E-state index in [-0.39, 0.29) is 6.10 Å². The smallest absolute Gasteiger partial charge is 0.344 e. The average molecular weight is 319 g/mol. The van der Waals surface area contributed by atoms with E-state index in [9.17, 15) is 14.4 Å². The van der Waals surface area contributed by atoms with Gasteiger partial charge in [0.1, 0.15) is 11.3 Å². The van der Waals surface area contributed by atoms with Crippen molar-refractivity contribution < 1.29 is 19.1 Å². The van der Waals surface area contributed by atoms with Crippen LogP contribution in [0.5, 0.6) is 5.75 Å². The molecule has 0 radical (unpaired) electrons. The first kappa shape index (κ1) is 16.8. The molecule has 2 rings (SSSR count). The minimum atomic E-state index is -0.987. The first-order valence-corrected chi connectivity index (χ1v) is 7.51. The highest BCUT2D eigenvalue weighted by atomic mass is 16.5. The normalized spacial score (nSPS) is 20.7. The fourth-order valence-electron chi connectivity index (χ4n) is 2.15. The summed E-state index contributed by atoms with van der Waals surface area (Å²) in [5, 5.41) is 3.30. The molecule has 7 heteroatoms. The molecular weight excluding hydrogens is 298 g/mol. The molecule has 1 saturated heterocycles. The average Bonchev–Trinajstić information content (AvgIpc) is 2.71. The van der Waals surface area contributed by atoms with Crippen molar-refractivity contribution in [1.82, 2.24) is 15.8 Å². The first-order valence-electron chi connectivity index (χ1n) is 7.51. The number of imide groups is 1. The Morgan fingerprint density at radius 2 is 1.91 bits per heavy atom. The third kappa shape index (κ3) is 3.44. The lowest BCUT2D eigenvalue weighted by Gasteiger charge is -2.19. The van der Waals surface area contributed by atoms with Gasteiger partial charge in [-0.05, 0) is 51.5 Å². The van der Waals surface area contributed by atoms with Gasteiger partial charge in [-0.3, -0.25) is 15.0 Å². The number of hydrazine groups is 1. The van der Waals surface area contributed by atoms with Crippen molar-refractivity contribution >= 4 is 17.8 Å². The van der Waals surface area contributed by atoms with E-state index in [4.69, 9.17) is 4.74 Å². The van der Waals surface area contributed by atoms with Crippen molar-refractivity contribution in [2.45, 2.75) is 45.8 Å². The van der Waals surface area contributed by atoms with Crippen molar-refractivity contribution in [3.63, 3.8) is 0 Å². The van der Waals surface area contributed by atoms with Crippen LogP contribution in [0.3, 0.4) is 0 Å². The number of urea groups is 1. The second kappa shape index (κ2) is 6.28. The number of nitrogens with zero attached hydrogens (tertiary/aromatic N) is 1. The number of hydrogen-bond donors (Lipinski definition) is 2. The molecule has 1 fully saturated rings. The second-order valence-corrected chi connectivity index (χ2v) is 5.89. The van der Waals surface area contributed by atoms with Crippen molar-refractivity contribution in [1.29, 1.82) is 0 Å². The highest BCUT2D eigenvalue weighted by Crippen LogP contribution is 2.20. The summed E-state index contributed by atoms with van der Waals surface area (Å²) in [4.78, 5) is 36.3. The molecule has 0 spiro atoms. The zero-order valence-electron chi connectivity index (χ0n) is 13.7. The number of benzene rings is 1. The fourth-order valence-corrected chi connectivity index (χ4v) is 2.15. The molecule has 1 heterocycles. The molecule has 2 N–H and O–H groups in total. The fraction of sp³-hybridized carbons (Fsp3) is 0.438. The minimum Gasteiger partial charge on any atom is -0.491 e. The van der Waals surface area contributed by atoms with Crippen LogP contribution in [0.2, 0.25) is 0 Å². The Morgan fingerprint density at radius 1 is 1.30 bits per heavy atom. The maximum atomic E-state index is 12.2. The van der Waals surface area contributed by atoms with E-state index in [1.807, 2.05) is 13.8 Å². The van der Waals surface area contributed by atoms with E-state index >= 15 is 0 Å². The van der Waals surface area contributed by atoms with Crippen LogP contribution in [0.15, 0.2) is 24.3 Å². The first-order chi connectivity index (χ1) is 10.8. The maximum Gasteiger partial charge on any atom is 0.344 e. The van der Waals surface area contributed by atoms with Gasteiger partial charge in [-0.1, -0.05) is 6.92 Å². The predicted octanol–water partition coefficient (Wildman–Crippen LogP) is 1.84. The largest absolute Gasteiger partial charge is 0.491 e. The van der Waals surface area contributed by atoms with E-state index in [0.29, 0.717) is 17.7 Å². The standard InChI is InChI=1S/C16H21N3O4/c1-5-16(4)14(21)19(15(22)17-16)18-13(20)11-6-8-12(9-7-11)23-10(2)3/h6-10H,5H2,1-4H3,(H,17,22)(H,18,20)/t16-/m1/s1. The van der Waals surface area contributed by atoms with Gasteiger partial charge >= 0.3 is 6.03 Å². The summed E-state index contributed by atoms with van der Waals surface area (Å²) in [6.45, 7) is 7.22. The number of hydrogen-bond acceptors (Lipinski definition) is 4. The van der Waals surface area contributed by atoms with Gasteiger partial charge in [0.15, 0.2) is 0 Å². The molecule has 1 atom stereocenters. The zero-order valence-corrected chi connectivity index (χ0v) is 13.7. The molecule has 0 saturated carbocycles. The zero-order chi connectivity index (χ0) is 17.2. The van der Waals surface area contributed by atoms with Gasteiger partial charge in [0.05, 0.1) is 6.10 Å². The topological polar surface area (TPSA) is 87.7 Å². The summed E-state index contributed by atoms with van der Waals surface area (Å²) < 4.78 is 5.50. The molecule has 1 aliphatic rings. The molecule has 124 valence electrons.